The van der Waals surface area contributed by atoms with Crippen molar-refractivity contribution in [3.8, 4) is 0 Å². The van der Waals surface area contributed by atoms with Crippen molar-refractivity contribution in [3.63, 3.8) is 0 Å². The molecule has 3 rings (SSSR count). The number of benzene rings is 1. The fraction of sp³-hybridized carbons (Fsp3) is 0.368. The fourth-order valence-corrected chi connectivity index (χ4v) is 4.91. The van der Waals surface area contributed by atoms with Gasteiger partial charge >= 0.3 is 0 Å². The Labute approximate surface area is 170 Å². The van der Waals surface area contributed by atoms with Crippen LogP contribution in [0.25, 0.3) is 0 Å². The van der Waals surface area contributed by atoms with Crippen molar-refractivity contribution in [2.75, 3.05) is 13.1 Å². The van der Waals surface area contributed by atoms with E-state index in [4.69, 9.17) is 11.6 Å². The van der Waals surface area contributed by atoms with E-state index in [-0.39, 0.29) is 28.4 Å². The van der Waals surface area contributed by atoms with Crippen LogP contribution in [-0.2, 0) is 17.1 Å². The van der Waals surface area contributed by atoms with Gasteiger partial charge in [0.15, 0.2) is 0 Å². The molecule has 1 amide bonds. The van der Waals surface area contributed by atoms with Crippen LogP contribution in [0.5, 0.6) is 0 Å². The van der Waals surface area contributed by atoms with E-state index in [1.165, 1.54) is 18.2 Å². The summed E-state index contributed by atoms with van der Waals surface area (Å²) in [6.07, 6.45) is 7.89. The predicted octanol–water partition coefficient (Wildman–Crippen LogP) is 2.91. The number of hydrogen-bond donors (Lipinski definition) is 1. The number of halogens is 1. The summed E-state index contributed by atoms with van der Waals surface area (Å²) in [5, 5.41) is 4.28. The number of amides is 1. The van der Waals surface area contributed by atoms with Crippen molar-refractivity contribution in [2.45, 2.75) is 30.2 Å². The molecule has 1 aliphatic heterocycles. The third kappa shape index (κ3) is 4.29. The van der Waals surface area contributed by atoms with Crippen LogP contribution < -0.4 is 4.72 Å². The average molecular weight is 423 g/mol. The first-order valence-electron chi connectivity index (χ1n) is 9.03. The predicted molar refractivity (Wildman–Crippen MR) is 108 cm³/mol. The summed E-state index contributed by atoms with van der Waals surface area (Å²) in [4.78, 5) is 14.9. The number of sulfonamides is 1. The van der Waals surface area contributed by atoms with E-state index in [9.17, 15) is 13.2 Å². The van der Waals surface area contributed by atoms with Crippen molar-refractivity contribution < 1.29 is 13.2 Å². The Morgan fingerprint density at radius 1 is 1.43 bits per heavy atom. The van der Waals surface area contributed by atoms with Crippen molar-refractivity contribution in [2.24, 2.45) is 7.05 Å². The molecule has 1 aliphatic rings. The zero-order valence-electron chi connectivity index (χ0n) is 15.6. The molecule has 0 saturated carbocycles. The van der Waals surface area contributed by atoms with E-state index in [2.05, 4.69) is 16.4 Å². The minimum absolute atomic E-state index is 0.0653. The molecule has 1 N–H and O–H groups in total. The fourth-order valence-electron chi connectivity index (χ4n) is 3.39. The number of nitrogens with one attached hydrogen (secondary N) is 1. The smallest absolute Gasteiger partial charge is 0.254 e. The molecule has 0 aliphatic carbocycles. The SMILES string of the molecule is C=CCNS(=O)(=O)c1cc(C(=O)N2CCCCC2c2cnn(C)c2)ccc1Cl. The maximum atomic E-state index is 13.2. The van der Waals surface area contributed by atoms with Gasteiger partial charge in [-0.2, -0.15) is 5.10 Å². The minimum Gasteiger partial charge on any atom is -0.331 e. The Morgan fingerprint density at radius 2 is 2.21 bits per heavy atom. The van der Waals surface area contributed by atoms with Crippen molar-refractivity contribution >= 4 is 27.5 Å². The molecule has 0 radical (unpaired) electrons. The first-order chi connectivity index (χ1) is 13.3. The van der Waals surface area contributed by atoms with Crippen molar-refractivity contribution in [1.29, 1.82) is 0 Å². The van der Waals surface area contributed by atoms with Gasteiger partial charge in [0, 0.05) is 37.5 Å². The number of carbonyl (C=O) groups is 1. The van der Waals surface area contributed by atoms with Gasteiger partial charge in [0.05, 0.1) is 17.3 Å². The lowest BCUT2D eigenvalue weighted by molar-refractivity contribution is 0.0611. The maximum absolute atomic E-state index is 13.2. The number of nitrogens with zero attached hydrogens (tertiary/aromatic N) is 3. The van der Waals surface area contributed by atoms with Crippen LogP contribution in [0.3, 0.4) is 0 Å². The van der Waals surface area contributed by atoms with Gasteiger partial charge in [-0.05, 0) is 37.5 Å². The molecule has 150 valence electrons. The summed E-state index contributed by atoms with van der Waals surface area (Å²) in [6.45, 7) is 4.18. The molecule has 2 heterocycles. The van der Waals surface area contributed by atoms with E-state index >= 15 is 0 Å². The molecular formula is C19H23ClN4O3S. The Hall–Kier alpha value is -2.16. The van der Waals surface area contributed by atoms with Gasteiger partial charge in [-0.3, -0.25) is 9.48 Å². The molecule has 9 heteroatoms. The summed E-state index contributed by atoms with van der Waals surface area (Å²) in [6, 6.07) is 4.27. The van der Waals surface area contributed by atoms with Gasteiger partial charge in [0.1, 0.15) is 4.90 Å². The highest BCUT2D eigenvalue weighted by Gasteiger charge is 2.30. The van der Waals surface area contributed by atoms with Crippen LogP contribution in [0.1, 0.15) is 41.2 Å². The Balaban J connectivity index is 1.93. The van der Waals surface area contributed by atoms with Crippen LogP contribution >= 0.6 is 11.6 Å². The lowest BCUT2D eigenvalue weighted by Gasteiger charge is -2.35. The van der Waals surface area contributed by atoms with Crippen LogP contribution in [0.15, 0.2) is 48.1 Å². The second kappa shape index (κ2) is 8.46. The molecule has 7 nitrogen and oxygen atoms in total. The van der Waals surface area contributed by atoms with Gasteiger partial charge < -0.3 is 4.90 Å². The minimum atomic E-state index is -3.84. The van der Waals surface area contributed by atoms with Crippen LogP contribution in [0, 0.1) is 0 Å². The Bertz CT molecular complexity index is 987. The number of rotatable bonds is 6. The molecule has 1 saturated heterocycles. The van der Waals surface area contributed by atoms with Crippen LogP contribution in [0.2, 0.25) is 5.02 Å². The molecule has 1 aromatic carbocycles. The number of piperidine rings is 1. The highest BCUT2D eigenvalue weighted by atomic mass is 35.5. The summed E-state index contributed by atoms with van der Waals surface area (Å²) in [7, 11) is -2.00. The monoisotopic (exact) mass is 422 g/mol. The van der Waals surface area contributed by atoms with Crippen molar-refractivity contribution in [1.82, 2.24) is 19.4 Å². The first kappa shape index (κ1) is 20.6. The maximum Gasteiger partial charge on any atom is 0.254 e. The molecular weight excluding hydrogens is 400 g/mol. The topological polar surface area (TPSA) is 84.3 Å². The summed E-state index contributed by atoms with van der Waals surface area (Å²) in [5.74, 6) is -0.217. The van der Waals surface area contributed by atoms with Gasteiger partial charge in [-0.15, -0.1) is 6.58 Å². The molecule has 1 fully saturated rings. The molecule has 1 atom stereocenters. The van der Waals surface area contributed by atoms with E-state index < -0.39 is 10.0 Å². The number of aryl methyl sites for hydroxylation is 1. The number of carbonyl (C=O) groups excluding carboxylic acids is 1. The van der Waals surface area contributed by atoms with Crippen LogP contribution in [0.4, 0.5) is 0 Å². The normalized spacial score (nSPS) is 17.5. The average Bonchev–Trinajstić information content (AvgIpc) is 3.12. The molecule has 2 aromatic rings. The van der Waals surface area contributed by atoms with E-state index in [1.54, 1.807) is 21.8 Å². The Kier molecular flexibility index (Phi) is 6.22. The van der Waals surface area contributed by atoms with Gasteiger partial charge in [-0.25, -0.2) is 13.1 Å². The quantitative estimate of drug-likeness (QED) is 0.725. The standard InChI is InChI=1S/C19H23ClN4O3S/c1-3-9-22-28(26,27)18-11-14(7-8-16(18)20)19(25)24-10-5-4-6-17(24)15-12-21-23(2)13-15/h3,7-8,11-13,17,22H,1,4-6,9-10H2,2H3. The van der Waals surface area contributed by atoms with Crippen LogP contribution in [-0.4, -0.2) is 42.1 Å². The first-order valence-corrected chi connectivity index (χ1v) is 10.9. The summed E-state index contributed by atoms with van der Waals surface area (Å²) >= 11 is 6.10. The largest absolute Gasteiger partial charge is 0.331 e. The molecule has 28 heavy (non-hydrogen) atoms. The third-order valence-corrected chi connectivity index (χ3v) is 6.66. The van der Waals surface area contributed by atoms with Crippen molar-refractivity contribution in [3.05, 3.63) is 59.4 Å². The lowest BCUT2D eigenvalue weighted by Crippen LogP contribution is -2.38. The molecule has 0 bridgehead atoms. The second-order valence-corrected chi connectivity index (χ2v) is 8.89. The lowest BCUT2D eigenvalue weighted by atomic mass is 9.96. The number of likely N-dealkylation sites (tertiary alicyclic amines) is 1. The number of aromatic nitrogens is 2. The summed E-state index contributed by atoms with van der Waals surface area (Å²) in [5.41, 5.74) is 1.27. The number of hydrogen-bond acceptors (Lipinski definition) is 4. The highest BCUT2D eigenvalue weighted by Crippen LogP contribution is 2.32. The molecule has 1 unspecified atom stereocenters. The van der Waals surface area contributed by atoms with E-state index in [0.29, 0.717) is 12.1 Å². The van der Waals surface area contributed by atoms with Gasteiger partial charge in [0.2, 0.25) is 10.0 Å². The summed E-state index contributed by atoms with van der Waals surface area (Å²) < 4.78 is 29.0. The Morgan fingerprint density at radius 3 is 2.89 bits per heavy atom. The van der Waals surface area contributed by atoms with E-state index in [1.807, 2.05) is 13.2 Å². The zero-order chi connectivity index (χ0) is 20.3. The highest BCUT2D eigenvalue weighted by molar-refractivity contribution is 7.89. The zero-order valence-corrected chi connectivity index (χ0v) is 17.2. The molecule has 1 aromatic heterocycles. The second-order valence-electron chi connectivity index (χ2n) is 6.74. The van der Waals surface area contributed by atoms with E-state index in [0.717, 1.165) is 24.8 Å². The third-order valence-electron chi connectivity index (χ3n) is 4.76. The van der Waals surface area contributed by atoms with Gasteiger partial charge in [-0.1, -0.05) is 17.7 Å². The van der Waals surface area contributed by atoms with Gasteiger partial charge in [0.25, 0.3) is 5.91 Å². The molecule has 0 spiro atoms.